The molecule has 1 amide bonds. The van der Waals surface area contributed by atoms with Gasteiger partial charge in [-0.2, -0.15) is 0 Å². The van der Waals surface area contributed by atoms with Gasteiger partial charge in [0.05, 0.1) is 18.6 Å². The Morgan fingerprint density at radius 2 is 2.28 bits per heavy atom. The van der Waals surface area contributed by atoms with Crippen molar-refractivity contribution in [3.8, 4) is 0 Å². The molecule has 0 bridgehead atoms. The lowest BCUT2D eigenvalue weighted by Gasteiger charge is -2.27. The molecule has 0 fully saturated rings. The molecule has 2 rings (SSSR count). The number of ether oxygens (including phenoxy) is 1. The van der Waals surface area contributed by atoms with Crippen molar-refractivity contribution in [1.29, 1.82) is 0 Å². The van der Waals surface area contributed by atoms with Crippen LogP contribution in [0.4, 0.5) is 5.69 Å². The van der Waals surface area contributed by atoms with Crippen LogP contribution in [0.15, 0.2) is 24.3 Å². The zero-order valence-electron chi connectivity index (χ0n) is 11.1. The maximum Gasteiger partial charge on any atom is 0.232 e. The minimum atomic E-state index is -0.0782. The van der Waals surface area contributed by atoms with Crippen molar-refractivity contribution in [3.63, 3.8) is 0 Å². The molecule has 18 heavy (non-hydrogen) atoms. The topological polar surface area (TPSA) is 41.6 Å². The summed E-state index contributed by atoms with van der Waals surface area (Å²) in [4.78, 5) is 14.2. The number of hydrogen-bond donors (Lipinski definition) is 1. The highest BCUT2D eigenvalue weighted by Crippen LogP contribution is 2.32. The number of likely N-dealkylation sites (N-methyl/N-ethyl adjacent to an activating group) is 1. The third-order valence-corrected chi connectivity index (χ3v) is 3.55. The van der Waals surface area contributed by atoms with Gasteiger partial charge in [-0.15, -0.1) is 0 Å². The maximum absolute atomic E-state index is 12.5. The van der Waals surface area contributed by atoms with Crippen molar-refractivity contribution in [1.82, 2.24) is 4.90 Å². The van der Waals surface area contributed by atoms with Crippen molar-refractivity contribution < 1.29 is 9.53 Å². The molecule has 0 spiro atoms. The van der Waals surface area contributed by atoms with Gasteiger partial charge in [-0.1, -0.05) is 18.2 Å². The number of carbonyl (C=O) groups is 1. The van der Waals surface area contributed by atoms with Crippen LogP contribution in [0.1, 0.15) is 18.4 Å². The second kappa shape index (κ2) is 5.40. The summed E-state index contributed by atoms with van der Waals surface area (Å²) in [6.45, 7) is 3.24. The summed E-state index contributed by atoms with van der Waals surface area (Å²) in [7, 11) is 3.49. The molecule has 0 aromatic heterocycles. The summed E-state index contributed by atoms with van der Waals surface area (Å²) in [6, 6.07) is 8.09. The maximum atomic E-state index is 12.5. The summed E-state index contributed by atoms with van der Waals surface area (Å²) in [5.74, 6) is 0.0718. The Labute approximate surface area is 108 Å². The zero-order valence-corrected chi connectivity index (χ0v) is 11.1. The molecule has 2 unspecified atom stereocenters. The average Bonchev–Trinajstić information content (AvgIpc) is 2.81. The predicted molar refractivity (Wildman–Crippen MR) is 71.8 cm³/mol. The second-order valence-corrected chi connectivity index (χ2v) is 4.77. The Bertz CT molecular complexity index is 434. The number of amides is 1. The van der Waals surface area contributed by atoms with Crippen LogP contribution in [-0.2, 0) is 9.53 Å². The van der Waals surface area contributed by atoms with Crippen LogP contribution in [0.25, 0.3) is 0 Å². The molecule has 1 aliphatic heterocycles. The van der Waals surface area contributed by atoms with E-state index in [0.29, 0.717) is 13.2 Å². The third-order valence-electron chi connectivity index (χ3n) is 3.55. The SMILES string of the molecule is COCC(C)N(C)C(=O)C1CNc2ccccc21. The van der Waals surface area contributed by atoms with Gasteiger partial charge in [0.25, 0.3) is 0 Å². The molecule has 0 aliphatic carbocycles. The van der Waals surface area contributed by atoms with Gasteiger partial charge in [0.2, 0.25) is 5.91 Å². The Hall–Kier alpha value is -1.55. The molecule has 1 aromatic carbocycles. The summed E-state index contributed by atoms with van der Waals surface area (Å²) >= 11 is 0. The summed E-state index contributed by atoms with van der Waals surface area (Å²) in [5.41, 5.74) is 2.17. The molecule has 1 heterocycles. The van der Waals surface area contributed by atoms with Crippen LogP contribution in [0.5, 0.6) is 0 Å². The lowest BCUT2D eigenvalue weighted by Crippen LogP contribution is -2.41. The van der Waals surface area contributed by atoms with Crippen LogP contribution >= 0.6 is 0 Å². The van der Waals surface area contributed by atoms with E-state index >= 15 is 0 Å². The average molecular weight is 248 g/mol. The van der Waals surface area contributed by atoms with Crippen molar-refractivity contribution in [2.45, 2.75) is 18.9 Å². The molecule has 1 N–H and O–H groups in total. The minimum Gasteiger partial charge on any atom is -0.384 e. The highest BCUT2D eigenvalue weighted by molar-refractivity contribution is 5.88. The quantitative estimate of drug-likeness (QED) is 0.881. The summed E-state index contributed by atoms with van der Waals surface area (Å²) < 4.78 is 5.10. The van der Waals surface area contributed by atoms with Gasteiger partial charge in [-0.05, 0) is 18.6 Å². The van der Waals surface area contributed by atoms with Gasteiger partial charge in [0.15, 0.2) is 0 Å². The van der Waals surface area contributed by atoms with Gasteiger partial charge in [0, 0.05) is 26.4 Å². The number of rotatable bonds is 4. The predicted octanol–water partition coefficient (Wildman–Crippen LogP) is 1.69. The Balaban J connectivity index is 2.11. The third kappa shape index (κ3) is 2.34. The van der Waals surface area contributed by atoms with Crippen molar-refractivity contribution in [2.24, 2.45) is 0 Å². The van der Waals surface area contributed by atoms with E-state index in [1.54, 1.807) is 12.0 Å². The first-order valence-electron chi connectivity index (χ1n) is 6.23. The first kappa shape index (κ1) is 12.9. The molecule has 0 radical (unpaired) electrons. The van der Waals surface area contributed by atoms with Crippen molar-refractivity contribution >= 4 is 11.6 Å². The highest BCUT2D eigenvalue weighted by atomic mass is 16.5. The fourth-order valence-corrected chi connectivity index (χ4v) is 2.32. The molecular weight excluding hydrogens is 228 g/mol. The summed E-state index contributed by atoms with van der Waals surface area (Å²) in [5, 5.41) is 3.28. The van der Waals surface area contributed by atoms with E-state index in [2.05, 4.69) is 5.32 Å². The fraction of sp³-hybridized carbons (Fsp3) is 0.500. The zero-order chi connectivity index (χ0) is 13.1. The van der Waals surface area contributed by atoms with Gasteiger partial charge >= 0.3 is 0 Å². The second-order valence-electron chi connectivity index (χ2n) is 4.77. The van der Waals surface area contributed by atoms with Crippen LogP contribution in [0, 0.1) is 0 Å². The standard InChI is InChI=1S/C14H20N2O2/c1-10(9-18-3)16(2)14(17)12-8-15-13-7-5-4-6-11(12)13/h4-7,10,12,15H,8-9H2,1-3H3. The normalized spacial score (nSPS) is 18.9. The lowest BCUT2D eigenvalue weighted by atomic mass is 9.99. The molecule has 0 saturated carbocycles. The minimum absolute atomic E-state index is 0.0782. The van der Waals surface area contributed by atoms with Gasteiger partial charge < -0.3 is 15.0 Å². The van der Waals surface area contributed by atoms with E-state index in [1.165, 1.54) is 0 Å². The van der Waals surface area contributed by atoms with Crippen molar-refractivity contribution in [3.05, 3.63) is 29.8 Å². The largest absolute Gasteiger partial charge is 0.384 e. The van der Waals surface area contributed by atoms with E-state index in [0.717, 1.165) is 11.3 Å². The number of anilines is 1. The molecule has 1 aliphatic rings. The first-order chi connectivity index (χ1) is 8.65. The van der Waals surface area contributed by atoms with Gasteiger partial charge in [0.1, 0.15) is 0 Å². The number of nitrogens with one attached hydrogen (secondary N) is 1. The van der Waals surface area contributed by atoms with E-state index in [9.17, 15) is 4.79 Å². The summed E-state index contributed by atoms with van der Waals surface area (Å²) in [6.07, 6.45) is 0. The van der Waals surface area contributed by atoms with Gasteiger partial charge in [-0.25, -0.2) is 0 Å². The number of nitrogens with zero attached hydrogens (tertiary/aromatic N) is 1. The van der Waals surface area contributed by atoms with E-state index in [-0.39, 0.29) is 17.9 Å². The highest BCUT2D eigenvalue weighted by Gasteiger charge is 2.31. The molecule has 0 saturated heterocycles. The monoisotopic (exact) mass is 248 g/mol. The number of benzene rings is 1. The number of hydrogen-bond acceptors (Lipinski definition) is 3. The van der Waals surface area contributed by atoms with E-state index < -0.39 is 0 Å². The van der Waals surface area contributed by atoms with Crippen molar-refractivity contribution in [2.75, 3.05) is 32.6 Å². The lowest BCUT2D eigenvalue weighted by molar-refractivity contribution is -0.133. The van der Waals surface area contributed by atoms with Gasteiger partial charge in [-0.3, -0.25) is 4.79 Å². The molecular formula is C14H20N2O2. The van der Waals surface area contributed by atoms with Crippen LogP contribution in [-0.4, -0.2) is 44.2 Å². The smallest absolute Gasteiger partial charge is 0.232 e. The molecule has 1 aromatic rings. The first-order valence-corrected chi connectivity index (χ1v) is 6.23. The van der Waals surface area contributed by atoms with Crippen LogP contribution < -0.4 is 5.32 Å². The Kier molecular flexibility index (Phi) is 3.87. The Morgan fingerprint density at radius 3 is 3.00 bits per heavy atom. The van der Waals surface area contributed by atoms with E-state index in [1.807, 2.05) is 38.2 Å². The number of fused-ring (bicyclic) bond motifs is 1. The number of methoxy groups -OCH3 is 1. The molecule has 4 nitrogen and oxygen atoms in total. The Morgan fingerprint density at radius 1 is 1.56 bits per heavy atom. The molecule has 4 heteroatoms. The number of para-hydroxylation sites is 1. The molecule has 2 atom stereocenters. The number of carbonyl (C=O) groups excluding carboxylic acids is 1. The molecule has 98 valence electrons. The fourth-order valence-electron chi connectivity index (χ4n) is 2.32. The van der Waals surface area contributed by atoms with E-state index in [4.69, 9.17) is 4.74 Å². The van der Waals surface area contributed by atoms with Crippen LogP contribution in [0.3, 0.4) is 0 Å². The van der Waals surface area contributed by atoms with Crippen LogP contribution in [0.2, 0.25) is 0 Å².